The van der Waals surface area contributed by atoms with E-state index in [-0.39, 0.29) is 16.6 Å². The van der Waals surface area contributed by atoms with Gasteiger partial charge in [-0.25, -0.2) is 18.4 Å². The van der Waals surface area contributed by atoms with Gasteiger partial charge in [0.15, 0.2) is 0 Å². The van der Waals surface area contributed by atoms with Gasteiger partial charge in [0.25, 0.3) is 10.0 Å². The number of sulfonamides is 1. The van der Waals surface area contributed by atoms with Crippen molar-refractivity contribution in [2.45, 2.75) is 17.7 Å². The SMILES string of the molecule is O=C(CCc1ccccc1Cl)N1CCN(c2ccc(S(=O)(=O)Nc3ccncn3)cc2)CC1. The summed E-state index contributed by atoms with van der Waals surface area (Å²) >= 11 is 6.18. The molecule has 10 heteroatoms. The van der Waals surface area contributed by atoms with Gasteiger partial charge in [-0.2, -0.15) is 0 Å². The first-order chi connectivity index (χ1) is 15.9. The number of aromatic nitrogens is 2. The van der Waals surface area contributed by atoms with Crippen LogP contribution in [0.3, 0.4) is 0 Å². The molecule has 0 aliphatic carbocycles. The number of piperazine rings is 1. The van der Waals surface area contributed by atoms with Crippen molar-refractivity contribution in [2.75, 3.05) is 35.8 Å². The van der Waals surface area contributed by atoms with Gasteiger partial charge in [-0.3, -0.25) is 9.52 Å². The summed E-state index contributed by atoms with van der Waals surface area (Å²) in [5.41, 5.74) is 1.90. The largest absolute Gasteiger partial charge is 0.368 e. The highest BCUT2D eigenvalue weighted by Crippen LogP contribution is 2.22. The lowest BCUT2D eigenvalue weighted by molar-refractivity contribution is -0.131. The minimum atomic E-state index is -3.73. The van der Waals surface area contributed by atoms with E-state index in [0.29, 0.717) is 44.0 Å². The van der Waals surface area contributed by atoms with E-state index in [4.69, 9.17) is 11.6 Å². The summed E-state index contributed by atoms with van der Waals surface area (Å²) < 4.78 is 27.5. The predicted octanol–water partition coefficient (Wildman–Crippen LogP) is 3.21. The lowest BCUT2D eigenvalue weighted by Gasteiger charge is -2.36. The topological polar surface area (TPSA) is 95.5 Å². The Bertz CT molecular complexity index is 1200. The predicted molar refractivity (Wildman–Crippen MR) is 128 cm³/mol. The summed E-state index contributed by atoms with van der Waals surface area (Å²) in [5.74, 6) is 0.330. The van der Waals surface area contributed by atoms with Crippen LogP contribution in [0.1, 0.15) is 12.0 Å². The molecule has 2 aromatic carbocycles. The van der Waals surface area contributed by atoms with Crippen LogP contribution in [-0.4, -0.2) is 55.4 Å². The standard InChI is InChI=1S/C23H24ClN5O3S/c24-21-4-2-1-3-18(21)5-10-23(30)29-15-13-28(14-16-29)19-6-8-20(9-7-19)33(31,32)27-22-11-12-25-17-26-22/h1-4,6-9,11-12,17H,5,10,13-16H2,(H,25,26,27). The number of amides is 1. The quantitative estimate of drug-likeness (QED) is 0.552. The molecule has 0 bridgehead atoms. The molecule has 172 valence electrons. The normalized spacial score (nSPS) is 14.2. The van der Waals surface area contributed by atoms with Gasteiger partial charge >= 0.3 is 0 Å². The van der Waals surface area contributed by atoms with E-state index in [9.17, 15) is 13.2 Å². The molecule has 1 aromatic heterocycles. The smallest absolute Gasteiger partial charge is 0.263 e. The number of hydrogen-bond acceptors (Lipinski definition) is 6. The first-order valence-corrected chi connectivity index (χ1v) is 12.4. The molecule has 0 saturated carbocycles. The average molecular weight is 486 g/mol. The van der Waals surface area contributed by atoms with Gasteiger partial charge < -0.3 is 9.80 Å². The molecule has 3 aromatic rings. The Hall–Kier alpha value is -3.17. The molecule has 0 unspecified atom stereocenters. The molecule has 1 fully saturated rings. The van der Waals surface area contributed by atoms with Crippen LogP contribution in [0.2, 0.25) is 5.02 Å². The van der Waals surface area contributed by atoms with Crippen LogP contribution >= 0.6 is 11.6 Å². The first-order valence-electron chi connectivity index (χ1n) is 10.6. The van der Waals surface area contributed by atoms with Crippen molar-refractivity contribution in [1.82, 2.24) is 14.9 Å². The molecule has 33 heavy (non-hydrogen) atoms. The van der Waals surface area contributed by atoms with Crippen LogP contribution in [0.25, 0.3) is 0 Å². The fourth-order valence-electron chi connectivity index (χ4n) is 3.70. The van der Waals surface area contributed by atoms with Crippen molar-refractivity contribution in [2.24, 2.45) is 0 Å². The number of benzene rings is 2. The molecule has 4 rings (SSSR count). The number of nitrogens with zero attached hydrogens (tertiary/aromatic N) is 4. The summed E-state index contributed by atoms with van der Waals surface area (Å²) in [7, 11) is -3.73. The highest BCUT2D eigenvalue weighted by molar-refractivity contribution is 7.92. The van der Waals surface area contributed by atoms with Crippen molar-refractivity contribution in [3.63, 3.8) is 0 Å². The Morgan fingerprint density at radius 3 is 2.39 bits per heavy atom. The Balaban J connectivity index is 1.30. The maximum Gasteiger partial charge on any atom is 0.263 e. The number of halogens is 1. The van der Waals surface area contributed by atoms with Gasteiger partial charge in [-0.05, 0) is 48.4 Å². The zero-order chi connectivity index (χ0) is 23.3. The average Bonchev–Trinajstić information content (AvgIpc) is 2.84. The van der Waals surface area contributed by atoms with Gasteiger partial charge in [-0.1, -0.05) is 29.8 Å². The fourth-order valence-corrected chi connectivity index (χ4v) is 4.94. The van der Waals surface area contributed by atoms with Crippen molar-refractivity contribution in [3.8, 4) is 0 Å². The van der Waals surface area contributed by atoms with E-state index in [1.165, 1.54) is 18.6 Å². The maximum absolute atomic E-state index is 12.6. The van der Waals surface area contributed by atoms with E-state index in [1.807, 2.05) is 29.2 Å². The summed E-state index contributed by atoms with van der Waals surface area (Å²) in [6.45, 7) is 2.61. The third-order valence-electron chi connectivity index (χ3n) is 5.53. The van der Waals surface area contributed by atoms with Crippen molar-refractivity contribution in [3.05, 3.63) is 77.7 Å². The van der Waals surface area contributed by atoms with Crippen LogP contribution in [0, 0.1) is 0 Å². The van der Waals surface area contributed by atoms with Crippen LogP contribution < -0.4 is 9.62 Å². The summed E-state index contributed by atoms with van der Waals surface area (Å²) in [4.78, 5) is 24.4. The van der Waals surface area contributed by atoms with E-state index in [0.717, 1.165) is 11.3 Å². The highest BCUT2D eigenvalue weighted by atomic mass is 35.5. The third-order valence-corrected chi connectivity index (χ3v) is 7.27. The molecule has 1 aliphatic heterocycles. The molecule has 8 nitrogen and oxygen atoms in total. The monoisotopic (exact) mass is 485 g/mol. The lowest BCUT2D eigenvalue weighted by Crippen LogP contribution is -2.48. The summed E-state index contributed by atoms with van der Waals surface area (Å²) in [6.07, 6.45) is 3.80. The summed E-state index contributed by atoms with van der Waals surface area (Å²) in [5, 5.41) is 0.688. The van der Waals surface area contributed by atoms with E-state index in [1.54, 1.807) is 24.3 Å². The Morgan fingerprint density at radius 1 is 1.00 bits per heavy atom. The van der Waals surface area contributed by atoms with Gasteiger partial charge in [0.2, 0.25) is 5.91 Å². The van der Waals surface area contributed by atoms with Crippen molar-refractivity contribution >= 4 is 39.0 Å². The van der Waals surface area contributed by atoms with E-state index < -0.39 is 10.0 Å². The van der Waals surface area contributed by atoms with Crippen LogP contribution in [0.4, 0.5) is 11.5 Å². The van der Waals surface area contributed by atoms with Crippen LogP contribution in [-0.2, 0) is 21.2 Å². The second-order valence-electron chi connectivity index (χ2n) is 7.65. The number of nitrogens with one attached hydrogen (secondary N) is 1. The molecule has 0 spiro atoms. The molecule has 1 N–H and O–H groups in total. The molecule has 1 amide bonds. The number of carbonyl (C=O) groups excluding carboxylic acids is 1. The van der Waals surface area contributed by atoms with Crippen LogP contribution in [0.5, 0.6) is 0 Å². The van der Waals surface area contributed by atoms with Gasteiger partial charge in [0.1, 0.15) is 12.1 Å². The number of carbonyl (C=O) groups is 1. The first kappa shape index (κ1) is 23.0. The fraction of sp³-hybridized carbons (Fsp3) is 0.261. The number of rotatable bonds is 7. The number of anilines is 2. The second-order valence-corrected chi connectivity index (χ2v) is 9.74. The lowest BCUT2D eigenvalue weighted by atomic mass is 10.1. The Labute approximate surface area is 198 Å². The second kappa shape index (κ2) is 10.2. The molecular formula is C23H24ClN5O3S. The van der Waals surface area contributed by atoms with E-state index in [2.05, 4.69) is 19.6 Å². The number of aryl methyl sites for hydroxylation is 1. The van der Waals surface area contributed by atoms with Gasteiger partial charge in [0.05, 0.1) is 4.90 Å². The molecule has 1 saturated heterocycles. The van der Waals surface area contributed by atoms with Gasteiger partial charge in [-0.15, -0.1) is 0 Å². The van der Waals surface area contributed by atoms with Crippen molar-refractivity contribution < 1.29 is 13.2 Å². The molecule has 0 radical (unpaired) electrons. The maximum atomic E-state index is 12.6. The van der Waals surface area contributed by atoms with Gasteiger partial charge in [0, 0.05) is 49.5 Å². The molecule has 2 heterocycles. The molecule has 1 aliphatic rings. The molecule has 0 atom stereocenters. The summed E-state index contributed by atoms with van der Waals surface area (Å²) in [6, 6.07) is 15.8. The number of hydrogen-bond donors (Lipinski definition) is 1. The molecular weight excluding hydrogens is 462 g/mol. The Kier molecular flexibility index (Phi) is 7.10. The third kappa shape index (κ3) is 5.80. The highest BCUT2D eigenvalue weighted by Gasteiger charge is 2.22. The Morgan fingerprint density at radius 2 is 1.73 bits per heavy atom. The van der Waals surface area contributed by atoms with Crippen molar-refractivity contribution in [1.29, 1.82) is 0 Å². The van der Waals surface area contributed by atoms with Crippen LogP contribution in [0.15, 0.2) is 72.0 Å². The zero-order valence-electron chi connectivity index (χ0n) is 17.9. The van der Waals surface area contributed by atoms with E-state index >= 15 is 0 Å². The minimum absolute atomic E-state index is 0.117. The zero-order valence-corrected chi connectivity index (χ0v) is 19.5. The minimum Gasteiger partial charge on any atom is -0.368 e.